The number of rotatable bonds is 2. The molecule has 0 aromatic rings. The van der Waals surface area contributed by atoms with Gasteiger partial charge in [-0.3, -0.25) is 4.90 Å². The summed E-state index contributed by atoms with van der Waals surface area (Å²) in [7, 11) is 1.90. The Hall–Kier alpha value is -0.630. The van der Waals surface area contributed by atoms with Crippen LogP contribution in [0.5, 0.6) is 0 Å². The summed E-state index contributed by atoms with van der Waals surface area (Å²) in [5, 5.41) is 12.5. The second kappa shape index (κ2) is 4.93. The molecule has 0 aromatic carbocycles. The van der Waals surface area contributed by atoms with Crippen LogP contribution in [0.25, 0.3) is 0 Å². The highest BCUT2D eigenvalue weighted by molar-refractivity contribution is 5.13. The minimum atomic E-state index is -0.296. The van der Waals surface area contributed by atoms with Crippen molar-refractivity contribution in [1.29, 1.82) is 5.26 Å². The van der Waals surface area contributed by atoms with E-state index in [-0.39, 0.29) is 5.54 Å². The van der Waals surface area contributed by atoms with E-state index in [1.165, 1.54) is 0 Å². The maximum Gasteiger partial charge on any atom is 0.108 e. The lowest BCUT2D eigenvalue weighted by molar-refractivity contribution is -0.0799. The van der Waals surface area contributed by atoms with Gasteiger partial charge in [-0.1, -0.05) is 0 Å². The third kappa shape index (κ3) is 2.62. The van der Waals surface area contributed by atoms with Crippen LogP contribution < -0.4 is 5.32 Å². The highest BCUT2D eigenvalue weighted by Crippen LogP contribution is 2.33. The summed E-state index contributed by atoms with van der Waals surface area (Å²) in [6.45, 7) is 6.26. The molecule has 4 atom stereocenters. The van der Waals surface area contributed by atoms with Crippen LogP contribution in [0.2, 0.25) is 0 Å². The Bertz CT molecular complexity index is 304. The summed E-state index contributed by atoms with van der Waals surface area (Å²) in [6.07, 6.45) is 3.65. The van der Waals surface area contributed by atoms with Gasteiger partial charge >= 0.3 is 0 Å². The molecule has 0 spiro atoms. The topological polar surface area (TPSA) is 48.3 Å². The van der Waals surface area contributed by atoms with Crippen molar-refractivity contribution in [3.8, 4) is 6.07 Å². The number of morpholine rings is 1. The molecule has 17 heavy (non-hydrogen) atoms. The van der Waals surface area contributed by atoms with Crippen LogP contribution >= 0.6 is 0 Å². The lowest BCUT2D eigenvalue weighted by atomic mass is 9.99. The van der Waals surface area contributed by atoms with Crippen molar-refractivity contribution in [3.63, 3.8) is 0 Å². The third-order valence-corrected chi connectivity index (χ3v) is 4.15. The van der Waals surface area contributed by atoms with Crippen molar-refractivity contribution < 1.29 is 4.74 Å². The average molecular weight is 237 g/mol. The van der Waals surface area contributed by atoms with Crippen molar-refractivity contribution in [3.05, 3.63) is 0 Å². The van der Waals surface area contributed by atoms with E-state index in [2.05, 4.69) is 30.1 Å². The van der Waals surface area contributed by atoms with Gasteiger partial charge in [-0.15, -0.1) is 0 Å². The SMILES string of the molecule is CNC1(C#N)CCC(N2C[C@@H](C)O[C@@H](C)C2)C1. The zero-order chi connectivity index (χ0) is 12.5. The largest absolute Gasteiger partial charge is 0.373 e. The van der Waals surface area contributed by atoms with Gasteiger partial charge < -0.3 is 10.1 Å². The lowest BCUT2D eigenvalue weighted by Crippen LogP contribution is -2.50. The molecule has 1 aliphatic heterocycles. The number of hydrogen-bond donors (Lipinski definition) is 1. The van der Waals surface area contributed by atoms with Gasteiger partial charge in [0.1, 0.15) is 5.54 Å². The number of ether oxygens (including phenoxy) is 1. The smallest absolute Gasteiger partial charge is 0.108 e. The first-order valence-corrected chi connectivity index (χ1v) is 6.58. The molecule has 2 aliphatic rings. The molecule has 1 heterocycles. The third-order valence-electron chi connectivity index (χ3n) is 4.15. The molecule has 2 unspecified atom stereocenters. The summed E-state index contributed by atoms with van der Waals surface area (Å²) in [5.74, 6) is 0. The zero-order valence-electron chi connectivity index (χ0n) is 11.1. The molecule has 0 aromatic heterocycles. The fourth-order valence-corrected chi connectivity index (χ4v) is 3.23. The number of hydrogen-bond acceptors (Lipinski definition) is 4. The standard InChI is InChI=1S/C13H23N3O/c1-10-7-16(8-11(2)17-10)12-4-5-13(6-12,9-14)15-3/h10-12,15H,4-8H2,1-3H3/t10-,11+,12?,13?. The number of nitrogens with zero attached hydrogens (tertiary/aromatic N) is 2. The molecule has 0 radical (unpaired) electrons. The van der Waals surface area contributed by atoms with Gasteiger partial charge in [0.05, 0.1) is 18.3 Å². The first-order valence-electron chi connectivity index (χ1n) is 6.58. The fraction of sp³-hybridized carbons (Fsp3) is 0.923. The minimum Gasteiger partial charge on any atom is -0.373 e. The van der Waals surface area contributed by atoms with Crippen LogP contribution in [0, 0.1) is 11.3 Å². The van der Waals surface area contributed by atoms with Crippen LogP contribution in [0.3, 0.4) is 0 Å². The Labute approximate surface area is 104 Å². The van der Waals surface area contributed by atoms with Crippen molar-refractivity contribution in [2.24, 2.45) is 0 Å². The van der Waals surface area contributed by atoms with Gasteiger partial charge in [0, 0.05) is 19.1 Å². The minimum absolute atomic E-state index is 0.296. The normalized spacial score (nSPS) is 43.5. The van der Waals surface area contributed by atoms with E-state index in [0.29, 0.717) is 18.2 Å². The maximum atomic E-state index is 9.28. The Morgan fingerprint density at radius 3 is 2.47 bits per heavy atom. The van der Waals surface area contributed by atoms with Crippen molar-refractivity contribution in [2.75, 3.05) is 20.1 Å². The summed E-state index contributed by atoms with van der Waals surface area (Å²) < 4.78 is 5.76. The second-order valence-corrected chi connectivity index (χ2v) is 5.55. The van der Waals surface area contributed by atoms with E-state index in [1.54, 1.807) is 0 Å². The van der Waals surface area contributed by atoms with E-state index < -0.39 is 0 Å². The Kier molecular flexibility index (Phi) is 3.72. The van der Waals surface area contributed by atoms with Crippen molar-refractivity contribution >= 4 is 0 Å². The summed E-state index contributed by atoms with van der Waals surface area (Å²) in [5.41, 5.74) is -0.296. The Morgan fingerprint density at radius 1 is 1.35 bits per heavy atom. The molecule has 1 N–H and O–H groups in total. The summed E-state index contributed by atoms with van der Waals surface area (Å²) in [4.78, 5) is 2.51. The van der Waals surface area contributed by atoms with Gasteiger partial charge in [0.2, 0.25) is 0 Å². The Morgan fingerprint density at radius 2 is 2.00 bits per heavy atom. The molecular weight excluding hydrogens is 214 g/mol. The predicted molar refractivity (Wildman–Crippen MR) is 66.6 cm³/mol. The molecule has 1 aliphatic carbocycles. The molecular formula is C13H23N3O. The molecule has 96 valence electrons. The van der Waals surface area contributed by atoms with Gasteiger partial charge in [0.15, 0.2) is 0 Å². The maximum absolute atomic E-state index is 9.28. The van der Waals surface area contributed by atoms with Crippen molar-refractivity contribution in [1.82, 2.24) is 10.2 Å². The van der Waals surface area contributed by atoms with E-state index in [0.717, 1.165) is 32.4 Å². The fourth-order valence-electron chi connectivity index (χ4n) is 3.23. The van der Waals surface area contributed by atoms with Crippen LogP contribution in [0.15, 0.2) is 0 Å². The molecule has 1 saturated carbocycles. The Balaban J connectivity index is 1.98. The molecule has 0 bridgehead atoms. The van der Waals surface area contributed by atoms with Crippen LogP contribution in [0.4, 0.5) is 0 Å². The van der Waals surface area contributed by atoms with E-state index in [1.807, 2.05) is 7.05 Å². The van der Waals surface area contributed by atoms with E-state index >= 15 is 0 Å². The second-order valence-electron chi connectivity index (χ2n) is 5.55. The first kappa shape index (κ1) is 12.8. The summed E-state index contributed by atoms with van der Waals surface area (Å²) >= 11 is 0. The number of nitrogens with one attached hydrogen (secondary N) is 1. The molecule has 4 heteroatoms. The highest BCUT2D eigenvalue weighted by Gasteiger charge is 2.41. The molecule has 4 nitrogen and oxygen atoms in total. The first-order chi connectivity index (χ1) is 8.08. The van der Waals surface area contributed by atoms with Gasteiger partial charge in [0.25, 0.3) is 0 Å². The van der Waals surface area contributed by atoms with Crippen LogP contribution in [0.1, 0.15) is 33.1 Å². The lowest BCUT2D eigenvalue weighted by Gasteiger charge is -2.39. The molecule has 2 rings (SSSR count). The van der Waals surface area contributed by atoms with Crippen molar-refractivity contribution in [2.45, 2.75) is 56.9 Å². The molecule has 1 saturated heterocycles. The highest BCUT2D eigenvalue weighted by atomic mass is 16.5. The molecule has 0 amide bonds. The van der Waals surface area contributed by atoms with Gasteiger partial charge in [-0.2, -0.15) is 5.26 Å². The monoisotopic (exact) mass is 237 g/mol. The quantitative estimate of drug-likeness (QED) is 0.782. The average Bonchev–Trinajstić information content (AvgIpc) is 2.73. The van der Waals surface area contributed by atoms with Gasteiger partial charge in [-0.05, 0) is 40.2 Å². The van der Waals surface area contributed by atoms with Crippen LogP contribution in [-0.4, -0.2) is 48.8 Å². The van der Waals surface area contributed by atoms with E-state index in [4.69, 9.17) is 4.74 Å². The molecule has 2 fully saturated rings. The number of nitriles is 1. The van der Waals surface area contributed by atoms with Gasteiger partial charge in [-0.25, -0.2) is 0 Å². The zero-order valence-corrected chi connectivity index (χ0v) is 11.1. The summed E-state index contributed by atoms with van der Waals surface area (Å²) in [6, 6.07) is 2.99. The van der Waals surface area contributed by atoms with E-state index in [9.17, 15) is 5.26 Å². The van der Waals surface area contributed by atoms with Crippen LogP contribution in [-0.2, 0) is 4.74 Å². The predicted octanol–water partition coefficient (Wildman–Crippen LogP) is 1.13.